The van der Waals surface area contributed by atoms with Crippen molar-refractivity contribution < 1.29 is 80.2 Å². The zero-order valence-electron chi connectivity index (χ0n) is 65.7. The molecule has 0 aliphatic heterocycles. The maximum absolute atomic E-state index is 13.1. The van der Waals surface area contributed by atoms with E-state index in [1.165, 1.54) is 231 Å². The molecule has 0 radical (unpaired) electrons. The molecule has 0 aliphatic carbocycles. The maximum atomic E-state index is 13.1. The van der Waals surface area contributed by atoms with E-state index < -0.39 is 97.5 Å². The van der Waals surface area contributed by atoms with Crippen LogP contribution in [0.5, 0.6) is 0 Å². The summed E-state index contributed by atoms with van der Waals surface area (Å²) < 4.78 is 68.7. The normalized spacial score (nSPS) is 14.5. The lowest BCUT2D eigenvalue weighted by Crippen LogP contribution is -2.30. The minimum Gasteiger partial charge on any atom is -0.462 e. The van der Waals surface area contributed by atoms with Crippen molar-refractivity contribution in [1.29, 1.82) is 0 Å². The van der Waals surface area contributed by atoms with E-state index >= 15 is 0 Å². The molecule has 0 rings (SSSR count). The van der Waals surface area contributed by atoms with E-state index in [0.717, 1.165) is 108 Å². The predicted octanol–water partition coefficient (Wildman–Crippen LogP) is 24.1. The van der Waals surface area contributed by atoms with E-state index in [2.05, 4.69) is 48.5 Å². The maximum Gasteiger partial charge on any atom is 0.472 e. The summed E-state index contributed by atoms with van der Waals surface area (Å²) in [5.74, 6) is 0.310. The van der Waals surface area contributed by atoms with E-state index in [1.807, 2.05) is 0 Å². The first-order chi connectivity index (χ1) is 48.3. The number of aliphatic hydroxyl groups excluding tert-OH is 1. The van der Waals surface area contributed by atoms with Crippen LogP contribution in [0.2, 0.25) is 0 Å². The molecule has 0 saturated carbocycles. The summed E-state index contributed by atoms with van der Waals surface area (Å²) in [4.78, 5) is 73.0. The number of phosphoric ester groups is 2. The minimum absolute atomic E-state index is 0.105. The Morgan fingerprint density at radius 1 is 0.290 bits per heavy atom. The summed E-state index contributed by atoms with van der Waals surface area (Å²) in [6, 6.07) is 0. The molecule has 3 N–H and O–H groups in total. The molecule has 0 bridgehead atoms. The fraction of sp³-hybridized carbons (Fsp3) is 0.951. The van der Waals surface area contributed by atoms with Gasteiger partial charge in [-0.1, -0.05) is 370 Å². The first-order valence-electron chi connectivity index (χ1n) is 41.9. The fourth-order valence-corrected chi connectivity index (χ4v) is 14.0. The van der Waals surface area contributed by atoms with Crippen LogP contribution in [0, 0.1) is 17.8 Å². The first kappa shape index (κ1) is 98.1. The number of phosphoric acid groups is 2. The Morgan fingerprint density at radius 3 is 0.760 bits per heavy atom. The predicted molar refractivity (Wildman–Crippen MR) is 409 cm³/mol. The smallest absolute Gasteiger partial charge is 0.462 e. The Kier molecular flexibility index (Phi) is 69.9. The van der Waals surface area contributed by atoms with E-state index in [1.54, 1.807) is 0 Å². The number of carbonyl (C=O) groups is 4. The highest BCUT2D eigenvalue weighted by molar-refractivity contribution is 7.47. The molecule has 17 nitrogen and oxygen atoms in total. The third-order valence-electron chi connectivity index (χ3n) is 19.6. The molecular weight excluding hydrogens is 1310 g/mol. The van der Waals surface area contributed by atoms with Crippen LogP contribution in [0.15, 0.2) is 0 Å². The average molecular weight is 1470 g/mol. The molecule has 0 heterocycles. The molecule has 0 aromatic heterocycles. The molecular formula is C81H158O17P2. The monoisotopic (exact) mass is 1470 g/mol. The van der Waals surface area contributed by atoms with Crippen LogP contribution in [0.4, 0.5) is 0 Å². The largest absolute Gasteiger partial charge is 0.472 e. The van der Waals surface area contributed by atoms with Gasteiger partial charge in [-0.15, -0.1) is 0 Å². The fourth-order valence-electron chi connectivity index (χ4n) is 12.4. The zero-order chi connectivity index (χ0) is 73.7. The van der Waals surface area contributed by atoms with Crippen LogP contribution in [-0.4, -0.2) is 96.7 Å². The van der Waals surface area contributed by atoms with E-state index in [4.69, 9.17) is 37.0 Å². The van der Waals surface area contributed by atoms with Gasteiger partial charge >= 0.3 is 39.5 Å². The van der Waals surface area contributed by atoms with Crippen molar-refractivity contribution >= 4 is 39.5 Å². The van der Waals surface area contributed by atoms with E-state index in [0.29, 0.717) is 25.7 Å². The molecule has 0 aromatic carbocycles. The number of unbranched alkanes of at least 4 members (excludes halogenated alkanes) is 45. The van der Waals surface area contributed by atoms with Crippen LogP contribution in [0.3, 0.4) is 0 Å². The first-order valence-corrected chi connectivity index (χ1v) is 44.9. The van der Waals surface area contributed by atoms with E-state index in [9.17, 15) is 43.2 Å². The SMILES string of the molecule is CCCCCCCCCCCCCC(=O)OC[C@H](COP(=O)(O)OC[C@H](O)COP(=O)(O)OC[C@@H](COC(=O)CCCCCCCCCCCCCCC(C)C)OC(=O)CCCCCCCCCCCCCCCCCCCCC(C)CC)OC(=O)CCCCCCCCCCC(C)CC. The van der Waals surface area contributed by atoms with Crippen molar-refractivity contribution in [2.75, 3.05) is 39.6 Å². The van der Waals surface area contributed by atoms with Crippen molar-refractivity contribution in [3.63, 3.8) is 0 Å². The molecule has 0 aromatic rings. The van der Waals surface area contributed by atoms with Gasteiger partial charge in [-0.25, -0.2) is 9.13 Å². The van der Waals surface area contributed by atoms with Gasteiger partial charge in [0.15, 0.2) is 12.2 Å². The number of ether oxygens (including phenoxy) is 4. The molecule has 100 heavy (non-hydrogen) atoms. The number of aliphatic hydroxyl groups is 1. The standard InChI is InChI=1S/C81H158O17P2/c1-8-11-12-13-14-15-26-33-41-48-55-62-78(83)91-69-77(98-81(86)65-58-51-44-37-36-40-47-54-61-74(7)10-3)71-96-100(89,90)94-67-75(82)66-93-99(87,88)95-70-76(68-92-79(84)63-56-49-42-34-29-25-24-27-31-38-45-52-59-72(4)5)97-80(85)64-57-50-43-35-30-23-21-19-17-16-18-20-22-28-32-39-46-53-60-73(6)9-2/h72-77,82H,8-71H2,1-7H3,(H,87,88)(H,89,90)/t73?,74?,75-,76-,77-/m1/s1. The molecule has 0 fully saturated rings. The molecule has 0 amide bonds. The molecule has 0 saturated heterocycles. The van der Waals surface area contributed by atoms with Gasteiger partial charge in [0.05, 0.1) is 26.4 Å². The highest BCUT2D eigenvalue weighted by atomic mass is 31.2. The van der Waals surface area contributed by atoms with Crippen LogP contribution in [0.1, 0.15) is 421 Å². The topological polar surface area (TPSA) is 237 Å². The summed E-state index contributed by atoms with van der Waals surface area (Å²) in [5.41, 5.74) is 0. The molecule has 594 valence electrons. The van der Waals surface area contributed by atoms with Gasteiger partial charge in [-0.2, -0.15) is 0 Å². The minimum atomic E-state index is -4.96. The van der Waals surface area contributed by atoms with Gasteiger partial charge in [0.2, 0.25) is 0 Å². The number of esters is 4. The lowest BCUT2D eigenvalue weighted by atomic mass is 9.99. The Hall–Kier alpha value is -1.94. The zero-order valence-corrected chi connectivity index (χ0v) is 67.5. The number of carbonyl (C=O) groups excluding carboxylic acids is 4. The quantitative estimate of drug-likeness (QED) is 0.0222. The third-order valence-corrected chi connectivity index (χ3v) is 21.5. The molecule has 0 aliphatic rings. The van der Waals surface area contributed by atoms with Crippen molar-refractivity contribution in [1.82, 2.24) is 0 Å². The Morgan fingerprint density at radius 2 is 0.510 bits per heavy atom. The van der Waals surface area contributed by atoms with Gasteiger partial charge in [0.25, 0.3) is 0 Å². The highest BCUT2D eigenvalue weighted by Crippen LogP contribution is 2.45. The Bertz CT molecular complexity index is 1940. The Labute approximate surface area is 613 Å². The number of hydrogen-bond donors (Lipinski definition) is 3. The van der Waals surface area contributed by atoms with Gasteiger partial charge in [0.1, 0.15) is 19.3 Å². The van der Waals surface area contributed by atoms with Gasteiger partial charge in [-0.05, 0) is 43.4 Å². The summed E-state index contributed by atoms with van der Waals surface area (Å²) in [5, 5.41) is 10.6. The average Bonchev–Trinajstić information content (AvgIpc) is 0.908. The van der Waals surface area contributed by atoms with Crippen LogP contribution >= 0.6 is 15.6 Å². The molecule has 0 spiro atoms. The Balaban J connectivity index is 5.22. The van der Waals surface area contributed by atoms with Crippen LogP contribution in [0.25, 0.3) is 0 Å². The second kappa shape index (κ2) is 71.3. The summed E-state index contributed by atoms with van der Waals surface area (Å²) in [6.07, 6.45) is 59.6. The van der Waals surface area contributed by atoms with E-state index in [-0.39, 0.29) is 25.7 Å². The number of rotatable bonds is 79. The lowest BCUT2D eigenvalue weighted by Gasteiger charge is -2.21. The second-order valence-electron chi connectivity index (χ2n) is 30.1. The summed E-state index contributed by atoms with van der Waals surface area (Å²) in [6.45, 7) is 12.0. The van der Waals surface area contributed by atoms with Crippen LogP contribution in [-0.2, 0) is 65.4 Å². The summed E-state index contributed by atoms with van der Waals surface area (Å²) >= 11 is 0. The second-order valence-corrected chi connectivity index (χ2v) is 33.0. The van der Waals surface area contributed by atoms with Gasteiger partial charge < -0.3 is 33.8 Å². The molecule has 4 unspecified atom stereocenters. The van der Waals surface area contributed by atoms with Crippen molar-refractivity contribution in [3.05, 3.63) is 0 Å². The van der Waals surface area contributed by atoms with Crippen molar-refractivity contribution in [2.24, 2.45) is 17.8 Å². The molecule has 7 atom stereocenters. The number of hydrogen-bond acceptors (Lipinski definition) is 15. The molecule has 19 heteroatoms. The van der Waals surface area contributed by atoms with Crippen LogP contribution < -0.4 is 0 Å². The van der Waals surface area contributed by atoms with Gasteiger partial charge in [-0.3, -0.25) is 37.3 Å². The third kappa shape index (κ3) is 71.7. The summed E-state index contributed by atoms with van der Waals surface area (Å²) in [7, 11) is -9.92. The highest BCUT2D eigenvalue weighted by Gasteiger charge is 2.30. The lowest BCUT2D eigenvalue weighted by molar-refractivity contribution is -0.161. The van der Waals surface area contributed by atoms with Crippen molar-refractivity contribution in [3.8, 4) is 0 Å². The van der Waals surface area contributed by atoms with Crippen molar-refractivity contribution in [2.45, 2.75) is 439 Å². The van der Waals surface area contributed by atoms with Gasteiger partial charge in [0, 0.05) is 25.7 Å².